The molecule has 0 N–H and O–H groups in total. The van der Waals surface area contributed by atoms with Crippen LogP contribution in [-0.2, 0) is 5.41 Å². The maximum absolute atomic E-state index is 3.83. The molecule has 0 aliphatic carbocycles. The van der Waals surface area contributed by atoms with Gasteiger partial charge in [-0.25, -0.2) is 0 Å². The van der Waals surface area contributed by atoms with Crippen molar-refractivity contribution in [1.82, 2.24) is 0 Å². The fourth-order valence-electron chi connectivity index (χ4n) is 2.69. The van der Waals surface area contributed by atoms with Crippen LogP contribution in [0.1, 0.15) is 26.3 Å². The van der Waals surface area contributed by atoms with Gasteiger partial charge >= 0.3 is 0 Å². The largest absolute Gasteiger partial charge is 0.0616 e. The minimum Gasteiger partial charge on any atom is -0.0616 e. The van der Waals surface area contributed by atoms with E-state index < -0.39 is 0 Å². The van der Waals surface area contributed by atoms with Crippen molar-refractivity contribution in [2.24, 2.45) is 0 Å². The molecular weight excluding hydrogens is 296 g/mol. The molecule has 0 radical (unpaired) electrons. The average Bonchev–Trinajstić information content (AvgIpc) is 2.37. The Morgan fingerprint density at radius 2 is 1.53 bits per heavy atom. The van der Waals surface area contributed by atoms with Gasteiger partial charge in [-0.15, -0.1) is 0 Å². The van der Waals surface area contributed by atoms with Crippen LogP contribution >= 0.6 is 15.9 Å². The molecule has 0 unspecified atom stereocenters. The lowest BCUT2D eigenvalue weighted by molar-refractivity contribution is 0.596. The summed E-state index contributed by atoms with van der Waals surface area (Å²) in [6.45, 7) is 6.80. The van der Waals surface area contributed by atoms with Crippen LogP contribution in [0.5, 0.6) is 0 Å². The van der Waals surface area contributed by atoms with Gasteiger partial charge in [-0.2, -0.15) is 0 Å². The highest BCUT2D eigenvalue weighted by molar-refractivity contribution is 9.10. The topological polar surface area (TPSA) is 0 Å². The van der Waals surface area contributed by atoms with Crippen molar-refractivity contribution in [3.05, 3.63) is 58.6 Å². The van der Waals surface area contributed by atoms with Gasteiger partial charge in [-0.1, -0.05) is 63.2 Å². The molecule has 0 heterocycles. The van der Waals surface area contributed by atoms with Gasteiger partial charge in [-0.3, -0.25) is 0 Å². The molecule has 3 aromatic rings. The van der Waals surface area contributed by atoms with Gasteiger partial charge in [-0.05, 0) is 49.1 Å². The second kappa shape index (κ2) is 4.35. The number of benzene rings is 3. The van der Waals surface area contributed by atoms with Crippen molar-refractivity contribution in [2.75, 3.05) is 0 Å². The third kappa shape index (κ3) is 2.06. The van der Waals surface area contributed by atoms with E-state index in [2.05, 4.69) is 85.2 Å². The van der Waals surface area contributed by atoms with Crippen LogP contribution in [0.4, 0.5) is 0 Å². The van der Waals surface area contributed by atoms with Crippen LogP contribution in [-0.4, -0.2) is 0 Å². The highest BCUT2D eigenvalue weighted by atomic mass is 79.9. The fourth-order valence-corrected chi connectivity index (χ4v) is 3.49. The molecule has 0 saturated heterocycles. The number of fused-ring (bicyclic) bond motifs is 2. The summed E-state index contributed by atoms with van der Waals surface area (Å²) in [6.07, 6.45) is 0. The molecule has 0 aliphatic rings. The van der Waals surface area contributed by atoms with Gasteiger partial charge in [0.05, 0.1) is 0 Å². The SMILES string of the molecule is CC(C)(C)c1cccc2cc3ccccc3c(Br)c12. The Labute approximate surface area is 122 Å². The predicted octanol–water partition coefficient (Wildman–Crippen LogP) is 6.05. The summed E-state index contributed by atoms with van der Waals surface area (Å²) in [6, 6.07) is 17.4. The minimum absolute atomic E-state index is 0.143. The van der Waals surface area contributed by atoms with Crippen LogP contribution in [0.25, 0.3) is 21.5 Å². The summed E-state index contributed by atoms with van der Waals surface area (Å²) in [5.41, 5.74) is 1.53. The van der Waals surface area contributed by atoms with Gasteiger partial charge in [0.25, 0.3) is 0 Å². The highest BCUT2D eigenvalue weighted by Crippen LogP contribution is 2.38. The highest BCUT2D eigenvalue weighted by Gasteiger charge is 2.19. The van der Waals surface area contributed by atoms with Crippen LogP contribution in [0, 0.1) is 0 Å². The molecule has 19 heavy (non-hydrogen) atoms. The molecule has 1 heteroatoms. The van der Waals surface area contributed by atoms with E-state index in [1.165, 1.54) is 31.6 Å². The van der Waals surface area contributed by atoms with E-state index in [-0.39, 0.29) is 5.41 Å². The molecule has 0 bridgehead atoms. The maximum Gasteiger partial charge on any atom is 0.0335 e. The Morgan fingerprint density at radius 3 is 2.26 bits per heavy atom. The summed E-state index contributed by atoms with van der Waals surface area (Å²) in [4.78, 5) is 0. The first-order valence-electron chi connectivity index (χ1n) is 6.59. The quantitative estimate of drug-likeness (QED) is 0.443. The van der Waals surface area contributed by atoms with Gasteiger partial charge in [0.15, 0.2) is 0 Å². The van der Waals surface area contributed by atoms with E-state index in [4.69, 9.17) is 0 Å². The first kappa shape index (κ1) is 12.7. The molecule has 0 aliphatic heterocycles. The molecule has 0 atom stereocenters. The van der Waals surface area contributed by atoms with Crippen molar-refractivity contribution >= 4 is 37.5 Å². The third-order valence-electron chi connectivity index (χ3n) is 3.63. The Balaban J connectivity index is 2.53. The van der Waals surface area contributed by atoms with E-state index in [0.717, 1.165) is 0 Å². The average molecular weight is 313 g/mol. The normalized spacial score (nSPS) is 12.2. The fraction of sp³-hybridized carbons (Fsp3) is 0.222. The summed E-state index contributed by atoms with van der Waals surface area (Å²) >= 11 is 3.83. The van der Waals surface area contributed by atoms with Crippen molar-refractivity contribution in [1.29, 1.82) is 0 Å². The lowest BCUT2D eigenvalue weighted by Crippen LogP contribution is -2.11. The molecule has 3 aromatic carbocycles. The summed E-state index contributed by atoms with van der Waals surface area (Å²) in [7, 11) is 0. The molecule has 96 valence electrons. The van der Waals surface area contributed by atoms with Crippen molar-refractivity contribution < 1.29 is 0 Å². The number of hydrogen-bond donors (Lipinski definition) is 0. The number of halogens is 1. The van der Waals surface area contributed by atoms with Crippen molar-refractivity contribution in [3.8, 4) is 0 Å². The molecule has 3 rings (SSSR count). The first-order chi connectivity index (χ1) is 8.98. The number of hydrogen-bond acceptors (Lipinski definition) is 0. The zero-order valence-corrected chi connectivity index (χ0v) is 13.1. The lowest BCUT2D eigenvalue weighted by Gasteiger charge is -2.22. The zero-order chi connectivity index (χ0) is 13.6. The van der Waals surface area contributed by atoms with Crippen LogP contribution < -0.4 is 0 Å². The summed E-state index contributed by atoms with van der Waals surface area (Å²) in [5, 5.41) is 5.21. The van der Waals surface area contributed by atoms with E-state index in [1.807, 2.05) is 0 Å². The number of rotatable bonds is 0. The van der Waals surface area contributed by atoms with E-state index in [0.29, 0.717) is 0 Å². The Morgan fingerprint density at radius 1 is 0.842 bits per heavy atom. The van der Waals surface area contributed by atoms with Gasteiger partial charge in [0, 0.05) is 9.86 Å². The van der Waals surface area contributed by atoms with Crippen LogP contribution in [0.15, 0.2) is 53.0 Å². The summed E-state index contributed by atoms with van der Waals surface area (Å²) in [5.74, 6) is 0. The second-order valence-electron chi connectivity index (χ2n) is 6.07. The monoisotopic (exact) mass is 312 g/mol. The van der Waals surface area contributed by atoms with E-state index >= 15 is 0 Å². The van der Waals surface area contributed by atoms with E-state index in [1.54, 1.807) is 0 Å². The maximum atomic E-state index is 3.83. The van der Waals surface area contributed by atoms with Crippen molar-refractivity contribution in [2.45, 2.75) is 26.2 Å². The zero-order valence-electron chi connectivity index (χ0n) is 11.5. The molecule has 0 saturated carbocycles. The molecule has 0 spiro atoms. The summed E-state index contributed by atoms with van der Waals surface area (Å²) < 4.78 is 1.21. The van der Waals surface area contributed by atoms with Gasteiger partial charge in [0.1, 0.15) is 0 Å². The molecule has 0 nitrogen and oxygen atoms in total. The Hall–Kier alpha value is -1.34. The Bertz CT molecular complexity index is 764. The van der Waals surface area contributed by atoms with Crippen LogP contribution in [0.3, 0.4) is 0 Å². The molecule has 0 aromatic heterocycles. The minimum atomic E-state index is 0.143. The van der Waals surface area contributed by atoms with Gasteiger partial charge < -0.3 is 0 Å². The molecule has 0 amide bonds. The van der Waals surface area contributed by atoms with Crippen LogP contribution in [0.2, 0.25) is 0 Å². The Kier molecular flexibility index (Phi) is 2.90. The standard InChI is InChI=1S/C18H17Br/c1-18(2,3)15-10-6-8-13-11-12-7-4-5-9-14(12)17(19)16(13)15/h4-11H,1-3H3. The second-order valence-corrected chi connectivity index (χ2v) is 6.86. The predicted molar refractivity (Wildman–Crippen MR) is 87.9 cm³/mol. The van der Waals surface area contributed by atoms with Crippen molar-refractivity contribution in [3.63, 3.8) is 0 Å². The lowest BCUT2D eigenvalue weighted by atomic mass is 9.83. The van der Waals surface area contributed by atoms with E-state index in [9.17, 15) is 0 Å². The molecular formula is C18H17Br. The van der Waals surface area contributed by atoms with Gasteiger partial charge in [0.2, 0.25) is 0 Å². The first-order valence-corrected chi connectivity index (χ1v) is 7.38. The molecule has 0 fully saturated rings. The third-order valence-corrected chi connectivity index (χ3v) is 4.46. The smallest absolute Gasteiger partial charge is 0.0335 e.